The minimum Gasteiger partial charge on any atom is -0.493 e. The number of amides is 1. The molecule has 0 aliphatic rings. The van der Waals surface area contributed by atoms with Crippen molar-refractivity contribution in [2.75, 3.05) is 13.2 Å². The lowest BCUT2D eigenvalue weighted by Gasteiger charge is -2.12. The fourth-order valence-electron chi connectivity index (χ4n) is 2.31. The first-order chi connectivity index (χ1) is 11.5. The highest BCUT2D eigenvalue weighted by molar-refractivity contribution is 5.94. The molecule has 2 aromatic rings. The molecule has 1 N–H and O–H groups in total. The Kier molecular flexibility index (Phi) is 5.89. The summed E-state index contributed by atoms with van der Waals surface area (Å²) < 4.78 is 5.77. The molecule has 0 fully saturated rings. The number of rotatable bonds is 7. The summed E-state index contributed by atoms with van der Waals surface area (Å²) in [5.74, 6) is 0.635. The zero-order chi connectivity index (χ0) is 17.5. The Hall–Kier alpha value is -2.89. The number of ether oxygens (including phenoxy) is 1. The molecule has 0 saturated carbocycles. The Morgan fingerprint density at radius 1 is 1.12 bits per heavy atom. The molecular formula is C18H20N2O4. The van der Waals surface area contributed by atoms with Crippen molar-refractivity contribution in [1.29, 1.82) is 0 Å². The Balaban J connectivity index is 1.76. The first-order valence-corrected chi connectivity index (χ1v) is 7.70. The number of nitrogens with one attached hydrogen (secondary N) is 1. The molecule has 0 radical (unpaired) electrons. The predicted octanol–water partition coefficient (Wildman–Crippen LogP) is 3.41. The molecule has 0 atom stereocenters. The third-order valence-corrected chi connectivity index (χ3v) is 3.60. The van der Waals surface area contributed by atoms with Gasteiger partial charge in [0.2, 0.25) is 0 Å². The molecule has 0 aromatic heterocycles. The number of carbonyl (C=O) groups excluding carboxylic acids is 1. The smallest absolute Gasteiger partial charge is 0.269 e. The minimum atomic E-state index is -0.493. The molecule has 6 heteroatoms. The zero-order valence-electron chi connectivity index (χ0n) is 13.7. The summed E-state index contributed by atoms with van der Waals surface area (Å²) in [6.45, 7) is 4.98. The summed E-state index contributed by atoms with van der Waals surface area (Å²) in [5.41, 5.74) is 2.54. The van der Waals surface area contributed by atoms with Crippen molar-refractivity contribution in [3.63, 3.8) is 0 Å². The number of para-hydroxylation sites is 1. The SMILES string of the molecule is Cc1cccc(C)c1OCCCNC(=O)c1ccc([N+](=O)[O-])cc1. The van der Waals surface area contributed by atoms with E-state index in [-0.39, 0.29) is 11.6 Å². The number of nitro groups is 1. The maximum atomic E-state index is 11.9. The van der Waals surface area contributed by atoms with E-state index in [2.05, 4.69) is 5.32 Å². The van der Waals surface area contributed by atoms with Gasteiger partial charge in [0.15, 0.2) is 0 Å². The average molecular weight is 328 g/mol. The van der Waals surface area contributed by atoms with E-state index in [1.165, 1.54) is 24.3 Å². The second-order valence-electron chi connectivity index (χ2n) is 5.48. The van der Waals surface area contributed by atoms with Crippen molar-refractivity contribution >= 4 is 11.6 Å². The van der Waals surface area contributed by atoms with Crippen LogP contribution in [0.3, 0.4) is 0 Å². The number of hydrogen-bond donors (Lipinski definition) is 1. The van der Waals surface area contributed by atoms with Gasteiger partial charge in [-0.05, 0) is 43.5 Å². The molecule has 0 unspecified atom stereocenters. The summed E-state index contributed by atoms with van der Waals surface area (Å²) in [5, 5.41) is 13.4. The van der Waals surface area contributed by atoms with Gasteiger partial charge in [-0.1, -0.05) is 18.2 Å². The zero-order valence-corrected chi connectivity index (χ0v) is 13.7. The molecule has 0 heterocycles. The van der Waals surface area contributed by atoms with Gasteiger partial charge in [-0.3, -0.25) is 14.9 Å². The van der Waals surface area contributed by atoms with Gasteiger partial charge in [0, 0.05) is 24.2 Å². The number of carbonyl (C=O) groups is 1. The Morgan fingerprint density at radius 2 is 1.75 bits per heavy atom. The van der Waals surface area contributed by atoms with Crippen molar-refractivity contribution < 1.29 is 14.5 Å². The fraction of sp³-hybridized carbons (Fsp3) is 0.278. The first kappa shape index (κ1) is 17.5. The van der Waals surface area contributed by atoms with Crippen LogP contribution in [-0.4, -0.2) is 24.0 Å². The van der Waals surface area contributed by atoms with Crippen LogP contribution in [0.15, 0.2) is 42.5 Å². The topological polar surface area (TPSA) is 81.5 Å². The summed E-state index contributed by atoms with van der Waals surface area (Å²) in [7, 11) is 0. The van der Waals surface area contributed by atoms with Crippen LogP contribution in [0.5, 0.6) is 5.75 Å². The van der Waals surface area contributed by atoms with Crippen LogP contribution in [0.2, 0.25) is 0 Å². The molecule has 24 heavy (non-hydrogen) atoms. The third-order valence-electron chi connectivity index (χ3n) is 3.60. The number of nitro benzene ring substituents is 1. The molecule has 0 spiro atoms. The molecule has 0 saturated heterocycles. The lowest BCUT2D eigenvalue weighted by molar-refractivity contribution is -0.384. The summed E-state index contributed by atoms with van der Waals surface area (Å²) in [6.07, 6.45) is 0.673. The average Bonchev–Trinajstić information content (AvgIpc) is 2.56. The van der Waals surface area contributed by atoms with Crippen molar-refractivity contribution in [2.24, 2.45) is 0 Å². The Morgan fingerprint density at radius 3 is 2.33 bits per heavy atom. The molecule has 0 aliphatic heterocycles. The van der Waals surface area contributed by atoms with Crippen LogP contribution >= 0.6 is 0 Å². The molecule has 126 valence electrons. The highest BCUT2D eigenvalue weighted by Gasteiger charge is 2.09. The fourth-order valence-corrected chi connectivity index (χ4v) is 2.31. The predicted molar refractivity (Wildman–Crippen MR) is 91.5 cm³/mol. The Labute approximate surface area is 140 Å². The van der Waals surface area contributed by atoms with Crippen LogP contribution in [0, 0.1) is 24.0 Å². The van der Waals surface area contributed by atoms with E-state index in [4.69, 9.17) is 4.74 Å². The minimum absolute atomic E-state index is 0.0337. The van der Waals surface area contributed by atoms with E-state index in [9.17, 15) is 14.9 Å². The van der Waals surface area contributed by atoms with E-state index in [1.807, 2.05) is 32.0 Å². The van der Waals surface area contributed by atoms with Gasteiger partial charge in [-0.15, -0.1) is 0 Å². The van der Waals surface area contributed by atoms with Crippen LogP contribution in [0.1, 0.15) is 27.9 Å². The normalized spacial score (nSPS) is 10.2. The number of benzene rings is 2. The molecule has 6 nitrogen and oxygen atoms in total. The summed E-state index contributed by atoms with van der Waals surface area (Å²) in [6, 6.07) is 11.5. The molecular weight excluding hydrogens is 308 g/mol. The van der Waals surface area contributed by atoms with Crippen LogP contribution in [0.25, 0.3) is 0 Å². The van der Waals surface area contributed by atoms with Crippen molar-refractivity contribution in [3.8, 4) is 5.75 Å². The van der Waals surface area contributed by atoms with E-state index in [1.54, 1.807) is 0 Å². The van der Waals surface area contributed by atoms with Gasteiger partial charge in [0.05, 0.1) is 11.5 Å². The first-order valence-electron chi connectivity index (χ1n) is 7.70. The van der Waals surface area contributed by atoms with E-state index >= 15 is 0 Å². The monoisotopic (exact) mass is 328 g/mol. The van der Waals surface area contributed by atoms with Gasteiger partial charge < -0.3 is 10.1 Å². The Bertz CT molecular complexity index is 706. The van der Waals surface area contributed by atoms with Gasteiger partial charge in [-0.2, -0.15) is 0 Å². The van der Waals surface area contributed by atoms with Crippen molar-refractivity contribution in [3.05, 3.63) is 69.3 Å². The number of hydrogen-bond acceptors (Lipinski definition) is 4. The molecule has 2 aromatic carbocycles. The van der Waals surface area contributed by atoms with Crippen LogP contribution < -0.4 is 10.1 Å². The van der Waals surface area contributed by atoms with Gasteiger partial charge in [0.1, 0.15) is 5.75 Å². The number of non-ortho nitro benzene ring substituents is 1. The van der Waals surface area contributed by atoms with E-state index < -0.39 is 4.92 Å². The third kappa shape index (κ3) is 4.55. The maximum absolute atomic E-state index is 11.9. The highest BCUT2D eigenvalue weighted by atomic mass is 16.6. The number of aryl methyl sites for hydroxylation is 2. The van der Waals surface area contributed by atoms with E-state index in [0.717, 1.165) is 16.9 Å². The molecule has 0 bridgehead atoms. The van der Waals surface area contributed by atoms with Gasteiger partial charge >= 0.3 is 0 Å². The largest absolute Gasteiger partial charge is 0.493 e. The summed E-state index contributed by atoms with van der Waals surface area (Å²) >= 11 is 0. The summed E-state index contributed by atoms with van der Waals surface area (Å²) in [4.78, 5) is 22.0. The maximum Gasteiger partial charge on any atom is 0.269 e. The van der Waals surface area contributed by atoms with E-state index in [0.29, 0.717) is 25.1 Å². The second kappa shape index (κ2) is 8.10. The molecule has 1 amide bonds. The van der Waals surface area contributed by atoms with Crippen LogP contribution in [-0.2, 0) is 0 Å². The number of nitrogens with zero attached hydrogens (tertiary/aromatic N) is 1. The second-order valence-corrected chi connectivity index (χ2v) is 5.48. The van der Waals surface area contributed by atoms with Crippen LogP contribution in [0.4, 0.5) is 5.69 Å². The lowest BCUT2D eigenvalue weighted by Crippen LogP contribution is -2.25. The molecule has 0 aliphatic carbocycles. The quantitative estimate of drug-likeness (QED) is 0.480. The highest BCUT2D eigenvalue weighted by Crippen LogP contribution is 2.22. The van der Waals surface area contributed by atoms with Crippen molar-refractivity contribution in [1.82, 2.24) is 5.32 Å². The molecule has 2 rings (SSSR count). The van der Waals surface area contributed by atoms with Gasteiger partial charge in [-0.25, -0.2) is 0 Å². The lowest BCUT2D eigenvalue weighted by atomic mass is 10.1. The standard InChI is InChI=1S/C18H20N2O4/c1-13-5-3-6-14(2)17(13)24-12-4-11-19-18(21)15-7-9-16(10-8-15)20(22)23/h3,5-10H,4,11-12H2,1-2H3,(H,19,21). The van der Waals surface area contributed by atoms with Crippen molar-refractivity contribution in [2.45, 2.75) is 20.3 Å². The van der Waals surface area contributed by atoms with Gasteiger partial charge in [0.25, 0.3) is 11.6 Å².